The third-order valence-electron chi connectivity index (χ3n) is 2.99. The van der Waals surface area contributed by atoms with Gasteiger partial charge in [0.2, 0.25) is 0 Å². The minimum Gasteiger partial charge on any atom is -0.393 e. The molecule has 106 valence electrons. The van der Waals surface area contributed by atoms with Crippen LogP contribution in [0.25, 0.3) is 0 Å². The molecule has 2 N–H and O–H groups in total. The van der Waals surface area contributed by atoms with E-state index in [-0.39, 0.29) is 11.4 Å². The zero-order chi connectivity index (χ0) is 14.4. The molecular weight excluding hydrogens is 246 g/mol. The number of rotatable bonds is 7. The maximum Gasteiger partial charge on any atom is 0.292 e. The standard InChI is InChI=1S/C13H21N3O3/c1-10(2)15(6-7-19-3)9-11-4-5-13(16(17)18)12(14)8-11/h4-5,8,10H,6-7,9,14H2,1-3H3. The van der Waals surface area contributed by atoms with Crippen molar-refractivity contribution in [2.24, 2.45) is 0 Å². The van der Waals surface area contributed by atoms with E-state index in [1.165, 1.54) is 6.07 Å². The molecule has 6 heteroatoms. The summed E-state index contributed by atoms with van der Waals surface area (Å²) in [6, 6.07) is 5.24. The highest BCUT2D eigenvalue weighted by atomic mass is 16.6. The van der Waals surface area contributed by atoms with E-state index in [9.17, 15) is 10.1 Å². The molecule has 0 unspecified atom stereocenters. The SMILES string of the molecule is COCCN(Cc1ccc([N+](=O)[O-])c(N)c1)C(C)C. The molecule has 0 saturated heterocycles. The maximum absolute atomic E-state index is 10.7. The van der Waals surface area contributed by atoms with Crippen LogP contribution in [-0.2, 0) is 11.3 Å². The van der Waals surface area contributed by atoms with Gasteiger partial charge in [0, 0.05) is 32.3 Å². The number of nitro benzene ring substituents is 1. The zero-order valence-electron chi connectivity index (χ0n) is 11.6. The summed E-state index contributed by atoms with van der Waals surface area (Å²) in [5.41, 5.74) is 6.82. The van der Waals surface area contributed by atoms with E-state index in [2.05, 4.69) is 18.7 Å². The van der Waals surface area contributed by atoms with Crippen LogP contribution in [-0.4, -0.2) is 36.1 Å². The zero-order valence-corrected chi connectivity index (χ0v) is 11.6. The Bertz CT molecular complexity index is 435. The Labute approximate surface area is 113 Å². The fraction of sp³-hybridized carbons (Fsp3) is 0.538. The van der Waals surface area contributed by atoms with Crippen molar-refractivity contribution >= 4 is 11.4 Å². The van der Waals surface area contributed by atoms with Crippen LogP contribution in [0.2, 0.25) is 0 Å². The molecule has 0 radical (unpaired) electrons. The van der Waals surface area contributed by atoms with E-state index in [1.54, 1.807) is 19.2 Å². The van der Waals surface area contributed by atoms with Crippen molar-refractivity contribution in [1.29, 1.82) is 0 Å². The Morgan fingerprint density at radius 2 is 2.16 bits per heavy atom. The van der Waals surface area contributed by atoms with E-state index in [1.807, 2.05) is 0 Å². The lowest BCUT2D eigenvalue weighted by Gasteiger charge is -2.26. The first-order valence-corrected chi connectivity index (χ1v) is 6.21. The van der Waals surface area contributed by atoms with E-state index in [0.29, 0.717) is 19.2 Å². The van der Waals surface area contributed by atoms with Crippen LogP contribution >= 0.6 is 0 Å². The predicted molar refractivity (Wildman–Crippen MR) is 74.9 cm³/mol. The van der Waals surface area contributed by atoms with Gasteiger partial charge in [0.05, 0.1) is 11.5 Å². The predicted octanol–water partition coefficient (Wildman–Crippen LogP) is 2.03. The Hall–Kier alpha value is -1.66. The molecule has 0 aliphatic carbocycles. The number of nitrogens with two attached hydrogens (primary N) is 1. The van der Waals surface area contributed by atoms with Crippen LogP contribution in [0.5, 0.6) is 0 Å². The highest BCUT2D eigenvalue weighted by Gasteiger charge is 2.14. The summed E-state index contributed by atoms with van der Waals surface area (Å²) >= 11 is 0. The molecule has 1 rings (SSSR count). The Morgan fingerprint density at radius 3 is 2.63 bits per heavy atom. The van der Waals surface area contributed by atoms with Gasteiger partial charge in [0.25, 0.3) is 5.69 Å². The summed E-state index contributed by atoms with van der Waals surface area (Å²) in [5.74, 6) is 0. The lowest BCUT2D eigenvalue weighted by molar-refractivity contribution is -0.383. The van der Waals surface area contributed by atoms with E-state index >= 15 is 0 Å². The second-order valence-electron chi connectivity index (χ2n) is 4.71. The van der Waals surface area contributed by atoms with Gasteiger partial charge in [-0.05, 0) is 25.5 Å². The highest BCUT2D eigenvalue weighted by molar-refractivity contribution is 5.59. The molecule has 6 nitrogen and oxygen atoms in total. The fourth-order valence-electron chi connectivity index (χ4n) is 1.83. The van der Waals surface area contributed by atoms with Crippen molar-refractivity contribution in [3.63, 3.8) is 0 Å². The van der Waals surface area contributed by atoms with Crippen LogP contribution in [0.3, 0.4) is 0 Å². The average molecular weight is 267 g/mol. The Kier molecular flexibility index (Phi) is 5.72. The fourth-order valence-corrected chi connectivity index (χ4v) is 1.83. The van der Waals surface area contributed by atoms with Gasteiger partial charge < -0.3 is 10.5 Å². The van der Waals surface area contributed by atoms with Crippen LogP contribution in [0, 0.1) is 10.1 Å². The lowest BCUT2D eigenvalue weighted by Crippen LogP contribution is -2.33. The second-order valence-corrected chi connectivity index (χ2v) is 4.71. The van der Waals surface area contributed by atoms with Crippen molar-refractivity contribution in [3.8, 4) is 0 Å². The normalized spacial score (nSPS) is 11.2. The second kappa shape index (κ2) is 7.06. The highest BCUT2D eigenvalue weighted by Crippen LogP contribution is 2.23. The van der Waals surface area contributed by atoms with Crippen LogP contribution in [0.1, 0.15) is 19.4 Å². The number of hydrogen-bond donors (Lipinski definition) is 1. The number of anilines is 1. The lowest BCUT2D eigenvalue weighted by atomic mass is 10.1. The molecule has 0 heterocycles. The van der Waals surface area contributed by atoms with Crippen molar-refractivity contribution < 1.29 is 9.66 Å². The average Bonchev–Trinajstić information content (AvgIpc) is 2.33. The topological polar surface area (TPSA) is 81.6 Å². The smallest absolute Gasteiger partial charge is 0.292 e. The van der Waals surface area contributed by atoms with Gasteiger partial charge in [-0.1, -0.05) is 6.07 Å². The summed E-state index contributed by atoms with van der Waals surface area (Å²) in [6.45, 7) is 6.36. The van der Waals surface area contributed by atoms with Crippen molar-refractivity contribution in [1.82, 2.24) is 4.90 Å². The molecule has 0 saturated carbocycles. The van der Waals surface area contributed by atoms with Gasteiger partial charge in [-0.15, -0.1) is 0 Å². The molecule has 0 atom stereocenters. The summed E-state index contributed by atoms with van der Waals surface area (Å²) in [7, 11) is 1.67. The number of nitro groups is 1. The molecule has 0 spiro atoms. The number of benzene rings is 1. The quantitative estimate of drug-likeness (QED) is 0.464. The molecule has 1 aromatic carbocycles. The minimum absolute atomic E-state index is 0.0447. The summed E-state index contributed by atoms with van der Waals surface area (Å²) in [6.07, 6.45) is 0. The molecule has 0 aliphatic rings. The number of hydrogen-bond acceptors (Lipinski definition) is 5. The summed E-state index contributed by atoms with van der Waals surface area (Å²) in [5, 5.41) is 10.7. The molecule has 19 heavy (non-hydrogen) atoms. The Morgan fingerprint density at radius 1 is 1.47 bits per heavy atom. The van der Waals surface area contributed by atoms with E-state index in [0.717, 1.165) is 12.1 Å². The van der Waals surface area contributed by atoms with Gasteiger partial charge in [-0.25, -0.2) is 0 Å². The third-order valence-corrected chi connectivity index (χ3v) is 2.99. The first kappa shape index (κ1) is 15.4. The first-order chi connectivity index (χ1) is 8.95. The van der Waals surface area contributed by atoms with Crippen molar-refractivity contribution in [2.45, 2.75) is 26.4 Å². The number of nitrogen functional groups attached to an aromatic ring is 1. The van der Waals surface area contributed by atoms with Gasteiger partial charge in [0.15, 0.2) is 0 Å². The van der Waals surface area contributed by atoms with E-state index < -0.39 is 4.92 Å². The molecule has 0 fully saturated rings. The van der Waals surface area contributed by atoms with E-state index in [4.69, 9.17) is 10.5 Å². The van der Waals surface area contributed by atoms with Crippen LogP contribution in [0.15, 0.2) is 18.2 Å². The van der Waals surface area contributed by atoms with Gasteiger partial charge >= 0.3 is 0 Å². The first-order valence-electron chi connectivity index (χ1n) is 6.21. The van der Waals surface area contributed by atoms with Crippen LogP contribution < -0.4 is 5.73 Å². The van der Waals surface area contributed by atoms with Crippen LogP contribution in [0.4, 0.5) is 11.4 Å². The van der Waals surface area contributed by atoms with Gasteiger partial charge in [-0.2, -0.15) is 0 Å². The molecule has 0 aromatic heterocycles. The maximum atomic E-state index is 10.7. The minimum atomic E-state index is -0.468. The molecule has 0 bridgehead atoms. The largest absolute Gasteiger partial charge is 0.393 e. The number of methoxy groups -OCH3 is 1. The molecular formula is C13H21N3O3. The summed E-state index contributed by atoms with van der Waals surface area (Å²) in [4.78, 5) is 12.5. The third kappa shape index (κ3) is 4.50. The monoisotopic (exact) mass is 267 g/mol. The van der Waals surface area contributed by atoms with Gasteiger partial charge in [-0.3, -0.25) is 15.0 Å². The van der Waals surface area contributed by atoms with Crippen molar-refractivity contribution in [3.05, 3.63) is 33.9 Å². The summed E-state index contributed by atoms with van der Waals surface area (Å²) < 4.78 is 5.08. The van der Waals surface area contributed by atoms with Gasteiger partial charge in [0.1, 0.15) is 5.69 Å². The molecule has 0 aliphatic heterocycles. The molecule has 1 aromatic rings. The van der Waals surface area contributed by atoms with Crippen molar-refractivity contribution in [2.75, 3.05) is 26.0 Å². The molecule has 0 amide bonds. The number of ether oxygens (including phenoxy) is 1. The number of nitrogens with zero attached hydrogens (tertiary/aromatic N) is 2. The Balaban J connectivity index is 2.79.